The van der Waals surface area contributed by atoms with E-state index in [0.29, 0.717) is 23.7 Å². The fourth-order valence-electron chi connectivity index (χ4n) is 3.39. The number of nitrogens with one attached hydrogen (secondary N) is 1. The van der Waals surface area contributed by atoms with Crippen LogP contribution in [-0.2, 0) is 31.1 Å². The van der Waals surface area contributed by atoms with Crippen LogP contribution in [0, 0.1) is 5.92 Å². The first-order chi connectivity index (χ1) is 14.7. The number of amides is 2. The van der Waals surface area contributed by atoms with Crippen molar-refractivity contribution in [2.24, 2.45) is 5.92 Å². The van der Waals surface area contributed by atoms with Gasteiger partial charge in [0.2, 0.25) is 5.91 Å². The third-order valence-electron chi connectivity index (χ3n) is 5.16. The summed E-state index contributed by atoms with van der Waals surface area (Å²) in [4.78, 5) is 38.5. The summed E-state index contributed by atoms with van der Waals surface area (Å²) >= 11 is 0. The summed E-state index contributed by atoms with van der Waals surface area (Å²) in [6, 6.07) is 9.10. The number of carbonyl (C=O) groups is 3. The van der Waals surface area contributed by atoms with E-state index in [1.54, 1.807) is 23.1 Å². The quantitative estimate of drug-likeness (QED) is 0.681. The zero-order valence-corrected chi connectivity index (χ0v) is 18.3. The predicted molar refractivity (Wildman–Crippen MR) is 114 cm³/mol. The van der Waals surface area contributed by atoms with Gasteiger partial charge in [0.05, 0.1) is 31.5 Å². The lowest BCUT2D eigenvalue weighted by Gasteiger charge is -2.21. The Balaban J connectivity index is 1.54. The standard InChI is InChI=1S/C23H28N2O6/c1-23(2,3)16-7-8-19(29-4)18(11-16)24-20(26)14-31-22(28)15-10-21(27)25(12-15)13-17-6-5-9-30-17/h5-9,11,15H,10,12-14H2,1-4H3,(H,24,26)/t15-/m0/s1. The number of nitrogens with zero attached hydrogens (tertiary/aromatic N) is 1. The molecule has 1 atom stereocenters. The molecule has 1 N–H and O–H groups in total. The van der Waals surface area contributed by atoms with Gasteiger partial charge in [0.25, 0.3) is 5.91 Å². The van der Waals surface area contributed by atoms with Crippen molar-refractivity contribution in [1.29, 1.82) is 0 Å². The normalized spacial score (nSPS) is 16.3. The Morgan fingerprint density at radius 1 is 1.26 bits per heavy atom. The van der Waals surface area contributed by atoms with Gasteiger partial charge in [-0.25, -0.2) is 0 Å². The van der Waals surface area contributed by atoms with E-state index in [1.807, 2.05) is 12.1 Å². The van der Waals surface area contributed by atoms with Crippen LogP contribution < -0.4 is 10.1 Å². The molecule has 31 heavy (non-hydrogen) atoms. The Bertz CT molecular complexity index is 945. The zero-order chi connectivity index (χ0) is 22.6. The van der Waals surface area contributed by atoms with Crippen LogP contribution in [0.25, 0.3) is 0 Å². The maximum absolute atomic E-state index is 12.4. The molecule has 0 aliphatic carbocycles. The lowest BCUT2D eigenvalue weighted by Crippen LogP contribution is -2.28. The van der Waals surface area contributed by atoms with Crippen LogP contribution >= 0.6 is 0 Å². The lowest BCUT2D eigenvalue weighted by molar-refractivity contribution is -0.151. The van der Waals surface area contributed by atoms with Gasteiger partial charge in [-0.2, -0.15) is 0 Å². The van der Waals surface area contributed by atoms with Crippen molar-refractivity contribution in [3.8, 4) is 5.75 Å². The molecule has 0 bridgehead atoms. The van der Waals surface area contributed by atoms with E-state index in [4.69, 9.17) is 13.9 Å². The minimum Gasteiger partial charge on any atom is -0.495 e. The molecule has 0 spiro atoms. The Labute approximate surface area is 181 Å². The number of hydrogen-bond acceptors (Lipinski definition) is 6. The molecule has 2 amide bonds. The van der Waals surface area contributed by atoms with Gasteiger partial charge in [-0.1, -0.05) is 26.8 Å². The summed E-state index contributed by atoms with van der Waals surface area (Å²) in [7, 11) is 1.52. The lowest BCUT2D eigenvalue weighted by atomic mass is 9.87. The molecule has 1 aliphatic rings. The summed E-state index contributed by atoms with van der Waals surface area (Å²) in [6.07, 6.45) is 1.59. The number of benzene rings is 1. The number of furan rings is 1. The van der Waals surface area contributed by atoms with Gasteiger partial charge in [-0.05, 0) is 35.2 Å². The zero-order valence-electron chi connectivity index (χ0n) is 18.3. The van der Waals surface area contributed by atoms with Gasteiger partial charge in [0, 0.05) is 13.0 Å². The first kappa shape index (κ1) is 22.4. The highest BCUT2D eigenvalue weighted by Gasteiger charge is 2.36. The Kier molecular flexibility index (Phi) is 6.68. The second-order valence-electron chi connectivity index (χ2n) is 8.58. The summed E-state index contributed by atoms with van der Waals surface area (Å²) < 4.78 is 15.7. The molecule has 1 fully saturated rings. The molecule has 0 saturated carbocycles. The van der Waals surface area contributed by atoms with E-state index in [2.05, 4.69) is 26.1 Å². The third kappa shape index (κ3) is 5.65. The van der Waals surface area contributed by atoms with Crippen molar-refractivity contribution in [1.82, 2.24) is 4.90 Å². The minimum atomic E-state index is -0.603. The molecule has 8 heteroatoms. The van der Waals surface area contributed by atoms with Crippen LogP contribution in [-0.4, -0.2) is 42.9 Å². The second kappa shape index (κ2) is 9.24. The number of carbonyl (C=O) groups excluding carboxylic acids is 3. The first-order valence-electron chi connectivity index (χ1n) is 10.1. The molecule has 8 nitrogen and oxygen atoms in total. The number of likely N-dealkylation sites (tertiary alicyclic amines) is 1. The number of ether oxygens (including phenoxy) is 2. The maximum Gasteiger partial charge on any atom is 0.311 e. The molecule has 2 heterocycles. The first-order valence-corrected chi connectivity index (χ1v) is 10.1. The average Bonchev–Trinajstić information content (AvgIpc) is 3.36. The number of anilines is 1. The van der Waals surface area contributed by atoms with E-state index in [0.717, 1.165) is 5.56 Å². The Hall–Kier alpha value is -3.29. The Morgan fingerprint density at radius 3 is 2.68 bits per heavy atom. The van der Waals surface area contributed by atoms with E-state index in [1.165, 1.54) is 13.4 Å². The molecule has 1 aliphatic heterocycles. The number of hydrogen-bond donors (Lipinski definition) is 1. The SMILES string of the molecule is COc1ccc(C(C)(C)C)cc1NC(=O)COC(=O)[C@H]1CC(=O)N(Cc2ccco2)C1. The van der Waals surface area contributed by atoms with Crippen LogP contribution in [0.5, 0.6) is 5.75 Å². The van der Waals surface area contributed by atoms with Crippen LogP contribution in [0.1, 0.15) is 38.5 Å². The van der Waals surface area contributed by atoms with Crippen molar-refractivity contribution in [3.63, 3.8) is 0 Å². The van der Waals surface area contributed by atoms with E-state index in [-0.39, 0.29) is 24.3 Å². The highest BCUT2D eigenvalue weighted by molar-refractivity contribution is 5.95. The van der Waals surface area contributed by atoms with Gasteiger partial charge in [-0.15, -0.1) is 0 Å². The third-order valence-corrected chi connectivity index (χ3v) is 5.16. The topological polar surface area (TPSA) is 98.1 Å². The van der Waals surface area contributed by atoms with E-state index >= 15 is 0 Å². The van der Waals surface area contributed by atoms with Crippen LogP contribution in [0.4, 0.5) is 5.69 Å². The maximum atomic E-state index is 12.4. The smallest absolute Gasteiger partial charge is 0.311 e. The molecule has 166 valence electrons. The van der Waals surface area contributed by atoms with Gasteiger partial charge in [-0.3, -0.25) is 14.4 Å². The fraction of sp³-hybridized carbons (Fsp3) is 0.435. The molecule has 1 aromatic heterocycles. The second-order valence-corrected chi connectivity index (χ2v) is 8.58. The number of rotatable bonds is 7. The largest absolute Gasteiger partial charge is 0.495 e. The van der Waals surface area contributed by atoms with E-state index < -0.39 is 24.4 Å². The number of methoxy groups -OCH3 is 1. The Morgan fingerprint density at radius 2 is 2.03 bits per heavy atom. The van der Waals surface area contributed by atoms with Gasteiger partial charge >= 0.3 is 5.97 Å². The van der Waals surface area contributed by atoms with Crippen molar-refractivity contribution < 1.29 is 28.3 Å². The van der Waals surface area contributed by atoms with Crippen molar-refractivity contribution in [3.05, 3.63) is 47.9 Å². The van der Waals surface area contributed by atoms with Crippen LogP contribution in [0.15, 0.2) is 41.0 Å². The molecular weight excluding hydrogens is 400 g/mol. The fourth-order valence-corrected chi connectivity index (χ4v) is 3.39. The van der Waals surface area contributed by atoms with Crippen molar-refractivity contribution >= 4 is 23.5 Å². The highest BCUT2D eigenvalue weighted by Crippen LogP contribution is 2.31. The number of esters is 1. The molecule has 0 unspecified atom stereocenters. The monoisotopic (exact) mass is 428 g/mol. The van der Waals surface area contributed by atoms with Gasteiger partial charge in [0.1, 0.15) is 11.5 Å². The molecule has 1 aromatic carbocycles. The summed E-state index contributed by atoms with van der Waals surface area (Å²) in [6.45, 7) is 6.31. The van der Waals surface area contributed by atoms with E-state index in [9.17, 15) is 14.4 Å². The highest BCUT2D eigenvalue weighted by atomic mass is 16.5. The van der Waals surface area contributed by atoms with Crippen LogP contribution in [0.2, 0.25) is 0 Å². The molecule has 2 aromatic rings. The van der Waals surface area contributed by atoms with Gasteiger partial charge < -0.3 is 24.1 Å². The van der Waals surface area contributed by atoms with Gasteiger partial charge in [0.15, 0.2) is 6.61 Å². The average molecular weight is 428 g/mol. The summed E-state index contributed by atoms with van der Waals surface area (Å²) in [5, 5.41) is 2.74. The van der Waals surface area contributed by atoms with Crippen molar-refractivity contribution in [2.75, 3.05) is 25.6 Å². The molecular formula is C23H28N2O6. The van der Waals surface area contributed by atoms with Crippen LogP contribution in [0.3, 0.4) is 0 Å². The molecule has 1 saturated heterocycles. The summed E-state index contributed by atoms with van der Waals surface area (Å²) in [5.41, 5.74) is 1.44. The molecule has 0 radical (unpaired) electrons. The summed E-state index contributed by atoms with van der Waals surface area (Å²) in [5.74, 6) is -0.633. The van der Waals surface area contributed by atoms with Crippen molar-refractivity contribution in [2.45, 2.75) is 39.2 Å². The minimum absolute atomic E-state index is 0.0581. The molecule has 3 rings (SSSR count). The predicted octanol–water partition coefficient (Wildman–Crippen LogP) is 3.12.